The van der Waals surface area contributed by atoms with Crippen LogP contribution in [0.4, 0.5) is 17.5 Å². The minimum absolute atomic E-state index is 0.561. The second kappa shape index (κ2) is 5.09. The number of rotatable bonds is 2. The van der Waals surface area contributed by atoms with E-state index in [1.54, 1.807) is 18.6 Å². The molecule has 0 amide bonds. The Morgan fingerprint density at radius 1 is 0.895 bits per heavy atom. The topological polar surface area (TPSA) is 71.2 Å². The highest BCUT2D eigenvalue weighted by Crippen LogP contribution is 2.18. The number of nitrogens with zero attached hydrogens (tertiary/aromatic N) is 5. The zero-order valence-electron chi connectivity index (χ0n) is 10.6. The van der Waals surface area contributed by atoms with E-state index in [-0.39, 0.29) is 0 Å². The Kier molecular flexibility index (Phi) is 3.14. The second-order valence-corrected chi connectivity index (χ2v) is 4.46. The van der Waals surface area contributed by atoms with Crippen molar-refractivity contribution in [1.82, 2.24) is 15.0 Å². The third-order valence-electron chi connectivity index (χ3n) is 3.24. The normalized spacial score (nSPS) is 15.6. The zero-order valence-corrected chi connectivity index (χ0v) is 10.6. The summed E-state index contributed by atoms with van der Waals surface area (Å²) >= 11 is 0. The standard InChI is InChI=1S/C13H16N6/c14-12-10-11(2-5-15-12)18-6-8-19(9-7-18)13-16-3-1-4-17-13/h1-5,10H,6-9H2,(H2,14,15). The lowest BCUT2D eigenvalue weighted by molar-refractivity contribution is 0.640. The summed E-state index contributed by atoms with van der Waals surface area (Å²) in [4.78, 5) is 17.1. The molecular weight excluding hydrogens is 240 g/mol. The lowest BCUT2D eigenvalue weighted by atomic mass is 10.2. The van der Waals surface area contributed by atoms with Gasteiger partial charge in [-0.3, -0.25) is 0 Å². The molecule has 1 aliphatic rings. The molecule has 2 aromatic heterocycles. The van der Waals surface area contributed by atoms with Gasteiger partial charge in [-0.1, -0.05) is 0 Å². The molecule has 0 bridgehead atoms. The molecule has 6 heteroatoms. The third-order valence-corrected chi connectivity index (χ3v) is 3.24. The molecular formula is C13H16N6. The second-order valence-electron chi connectivity index (χ2n) is 4.46. The minimum atomic E-state index is 0.561. The summed E-state index contributed by atoms with van der Waals surface area (Å²) in [5.74, 6) is 1.36. The summed E-state index contributed by atoms with van der Waals surface area (Å²) in [5.41, 5.74) is 6.84. The predicted molar refractivity (Wildman–Crippen MR) is 75.1 cm³/mol. The van der Waals surface area contributed by atoms with Crippen LogP contribution < -0.4 is 15.5 Å². The van der Waals surface area contributed by atoms with Gasteiger partial charge < -0.3 is 15.5 Å². The van der Waals surface area contributed by atoms with E-state index in [9.17, 15) is 0 Å². The lowest BCUT2D eigenvalue weighted by Gasteiger charge is -2.36. The summed E-state index contributed by atoms with van der Waals surface area (Å²) in [6, 6.07) is 5.74. The molecule has 0 aliphatic carbocycles. The molecule has 0 aromatic carbocycles. The number of piperazine rings is 1. The molecule has 1 saturated heterocycles. The van der Waals surface area contributed by atoms with Crippen LogP contribution in [0, 0.1) is 0 Å². The number of aromatic nitrogens is 3. The van der Waals surface area contributed by atoms with Gasteiger partial charge in [0.05, 0.1) is 0 Å². The Morgan fingerprint density at radius 2 is 1.58 bits per heavy atom. The fourth-order valence-corrected chi connectivity index (χ4v) is 2.25. The van der Waals surface area contributed by atoms with E-state index in [1.807, 2.05) is 18.2 Å². The van der Waals surface area contributed by atoms with Gasteiger partial charge in [-0.05, 0) is 12.1 Å². The predicted octanol–water partition coefficient (Wildman–Crippen LogP) is 0.780. The van der Waals surface area contributed by atoms with Crippen molar-refractivity contribution in [2.45, 2.75) is 0 Å². The summed E-state index contributed by atoms with van der Waals surface area (Å²) in [7, 11) is 0. The fraction of sp³-hybridized carbons (Fsp3) is 0.308. The van der Waals surface area contributed by atoms with E-state index in [0.29, 0.717) is 5.82 Å². The Hall–Kier alpha value is -2.37. The van der Waals surface area contributed by atoms with Crippen LogP contribution in [0.15, 0.2) is 36.8 Å². The molecule has 3 rings (SSSR count). The van der Waals surface area contributed by atoms with Gasteiger partial charge in [0.1, 0.15) is 5.82 Å². The third kappa shape index (κ3) is 2.57. The van der Waals surface area contributed by atoms with Crippen LogP contribution in [-0.2, 0) is 0 Å². The van der Waals surface area contributed by atoms with Crippen molar-refractivity contribution in [1.29, 1.82) is 0 Å². The van der Waals surface area contributed by atoms with E-state index >= 15 is 0 Å². The van der Waals surface area contributed by atoms with Crippen LogP contribution in [0.2, 0.25) is 0 Å². The van der Waals surface area contributed by atoms with Crippen molar-refractivity contribution in [3.63, 3.8) is 0 Å². The van der Waals surface area contributed by atoms with E-state index in [0.717, 1.165) is 37.8 Å². The summed E-state index contributed by atoms with van der Waals surface area (Å²) in [6.07, 6.45) is 5.30. The fourth-order valence-electron chi connectivity index (χ4n) is 2.25. The number of nitrogen functional groups attached to an aromatic ring is 1. The van der Waals surface area contributed by atoms with Crippen molar-refractivity contribution >= 4 is 17.5 Å². The number of pyridine rings is 1. The maximum Gasteiger partial charge on any atom is 0.225 e. The van der Waals surface area contributed by atoms with Gasteiger partial charge in [0.15, 0.2) is 0 Å². The van der Waals surface area contributed by atoms with Gasteiger partial charge in [0.2, 0.25) is 5.95 Å². The molecule has 0 radical (unpaired) electrons. The van der Waals surface area contributed by atoms with E-state index in [2.05, 4.69) is 24.8 Å². The van der Waals surface area contributed by atoms with Gasteiger partial charge in [0, 0.05) is 56.5 Å². The maximum absolute atomic E-state index is 5.72. The van der Waals surface area contributed by atoms with Gasteiger partial charge >= 0.3 is 0 Å². The van der Waals surface area contributed by atoms with Crippen molar-refractivity contribution < 1.29 is 0 Å². The first-order chi connectivity index (χ1) is 9.33. The average molecular weight is 256 g/mol. The molecule has 6 nitrogen and oxygen atoms in total. The quantitative estimate of drug-likeness (QED) is 0.856. The molecule has 0 spiro atoms. The zero-order chi connectivity index (χ0) is 13.1. The number of anilines is 3. The van der Waals surface area contributed by atoms with Crippen LogP contribution in [0.1, 0.15) is 0 Å². The summed E-state index contributed by atoms with van der Waals surface area (Å²) < 4.78 is 0. The maximum atomic E-state index is 5.72. The highest BCUT2D eigenvalue weighted by Gasteiger charge is 2.18. The van der Waals surface area contributed by atoms with Crippen molar-refractivity contribution in [3.8, 4) is 0 Å². The lowest BCUT2D eigenvalue weighted by Crippen LogP contribution is -2.47. The Bertz CT molecular complexity index is 536. The number of hydrogen-bond acceptors (Lipinski definition) is 6. The Labute approximate surface area is 111 Å². The monoisotopic (exact) mass is 256 g/mol. The largest absolute Gasteiger partial charge is 0.384 e. The Morgan fingerprint density at radius 3 is 2.26 bits per heavy atom. The molecule has 0 saturated carbocycles. The van der Waals surface area contributed by atoms with Gasteiger partial charge in [-0.25, -0.2) is 15.0 Å². The molecule has 0 unspecified atom stereocenters. The first-order valence-corrected chi connectivity index (χ1v) is 6.31. The van der Waals surface area contributed by atoms with Crippen LogP contribution in [0.3, 0.4) is 0 Å². The van der Waals surface area contributed by atoms with Gasteiger partial charge in [-0.15, -0.1) is 0 Å². The van der Waals surface area contributed by atoms with E-state index < -0.39 is 0 Å². The van der Waals surface area contributed by atoms with Gasteiger partial charge in [-0.2, -0.15) is 0 Å². The van der Waals surface area contributed by atoms with Crippen LogP contribution >= 0.6 is 0 Å². The highest BCUT2D eigenvalue weighted by atomic mass is 15.3. The van der Waals surface area contributed by atoms with Gasteiger partial charge in [0.25, 0.3) is 0 Å². The summed E-state index contributed by atoms with van der Waals surface area (Å²) in [5, 5.41) is 0. The first-order valence-electron chi connectivity index (χ1n) is 6.31. The molecule has 98 valence electrons. The van der Waals surface area contributed by atoms with E-state index in [1.165, 1.54) is 0 Å². The Balaban J connectivity index is 1.67. The highest BCUT2D eigenvalue weighted by molar-refractivity contribution is 5.53. The average Bonchev–Trinajstić information content (AvgIpc) is 2.48. The molecule has 1 aliphatic heterocycles. The SMILES string of the molecule is Nc1cc(N2CCN(c3ncccn3)CC2)ccn1. The van der Waals surface area contributed by atoms with Crippen molar-refractivity contribution in [2.24, 2.45) is 0 Å². The molecule has 2 N–H and O–H groups in total. The van der Waals surface area contributed by atoms with Crippen LogP contribution in [-0.4, -0.2) is 41.1 Å². The molecule has 3 heterocycles. The molecule has 2 aromatic rings. The van der Waals surface area contributed by atoms with Crippen molar-refractivity contribution in [2.75, 3.05) is 41.7 Å². The van der Waals surface area contributed by atoms with E-state index in [4.69, 9.17) is 5.73 Å². The number of hydrogen-bond donors (Lipinski definition) is 1. The smallest absolute Gasteiger partial charge is 0.225 e. The van der Waals surface area contributed by atoms with Crippen molar-refractivity contribution in [3.05, 3.63) is 36.8 Å². The molecule has 0 atom stereocenters. The molecule has 1 fully saturated rings. The van der Waals surface area contributed by atoms with Crippen LogP contribution in [0.5, 0.6) is 0 Å². The summed E-state index contributed by atoms with van der Waals surface area (Å²) in [6.45, 7) is 3.68. The number of nitrogens with two attached hydrogens (primary N) is 1. The van der Waals surface area contributed by atoms with Crippen LogP contribution in [0.25, 0.3) is 0 Å². The first kappa shape index (κ1) is 11.7. The molecule has 19 heavy (non-hydrogen) atoms. The minimum Gasteiger partial charge on any atom is -0.384 e.